The molecule has 1 unspecified atom stereocenters. The first kappa shape index (κ1) is 19.8. The molecule has 1 fully saturated rings. The Labute approximate surface area is 165 Å². The lowest BCUT2D eigenvalue weighted by atomic mass is 10.0. The molecule has 2 heterocycles. The van der Waals surface area contributed by atoms with Crippen LogP contribution < -0.4 is 5.73 Å². The van der Waals surface area contributed by atoms with Gasteiger partial charge in [0.1, 0.15) is 6.04 Å². The normalized spacial score (nSPS) is 17.1. The van der Waals surface area contributed by atoms with E-state index in [9.17, 15) is 9.59 Å². The zero-order chi connectivity index (χ0) is 20.1. The number of amides is 2. The van der Waals surface area contributed by atoms with Gasteiger partial charge in [0, 0.05) is 43.2 Å². The summed E-state index contributed by atoms with van der Waals surface area (Å²) in [6.45, 7) is 5.88. The predicted molar refractivity (Wildman–Crippen MR) is 108 cm³/mol. The molecule has 7 nitrogen and oxygen atoms in total. The number of nitrogens with two attached hydrogens (primary N) is 1. The number of nitrogen functional groups attached to an aromatic ring is 1. The molecule has 0 aliphatic carbocycles. The number of carbonyl (C=O) groups is 2. The molecule has 0 saturated carbocycles. The summed E-state index contributed by atoms with van der Waals surface area (Å²) in [5.74, 6) is 0.157. The van der Waals surface area contributed by atoms with Crippen LogP contribution in [0, 0.1) is 0 Å². The molecule has 0 spiro atoms. The summed E-state index contributed by atoms with van der Waals surface area (Å²) >= 11 is 0. The van der Waals surface area contributed by atoms with E-state index in [4.69, 9.17) is 5.73 Å². The summed E-state index contributed by atoms with van der Waals surface area (Å²) in [6, 6.07) is 6.97. The molecule has 1 aromatic carbocycles. The second kappa shape index (κ2) is 8.82. The quantitative estimate of drug-likeness (QED) is 0.830. The van der Waals surface area contributed by atoms with Gasteiger partial charge in [-0.3, -0.25) is 9.59 Å². The number of likely N-dealkylation sites (N-methyl/N-ethyl adjacent to an activating group) is 1. The number of anilines is 1. The highest BCUT2D eigenvalue weighted by atomic mass is 16.2. The first-order valence-corrected chi connectivity index (χ1v) is 9.82. The van der Waals surface area contributed by atoms with Crippen LogP contribution in [0.5, 0.6) is 0 Å². The average Bonchev–Trinajstić information content (AvgIpc) is 2.73. The van der Waals surface area contributed by atoms with Crippen molar-refractivity contribution >= 4 is 17.8 Å². The van der Waals surface area contributed by atoms with Gasteiger partial charge in [-0.1, -0.05) is 31.9 Å². The van der Waals surface area contributed by atoms with Crippen LogP contribution in [-0.4, -0.2) is 57.3 Å². The number of benzene rings is 1. The predicted octanol–water partition coefficient (Wildman–Crippen LogP) is 2.59. The van der Waals surface area contributed by atoms with Crippen LogP contribution in [0.3, 0.4) is 0 Å². The van der Waals surface area contributed by atoms with Crippen molar-refractivity contribution in [3.8, 4) is 11.1 Å². The molecule has 1 saturated heterocycles. The van der Waals surface area contributed by atoms with Crippen LogP contribution in [-0.2, 0) is 4.79 Å². The van der Waals surface area contributed by atoms with E-state index in [2.05, 4.69) is 16.9 Å². The lowest BCUT2D eigenvalue weighted by Gasteiger charge is -2.40. The Bertz CT molecular complexity index is 837. The monoisotopic (exact) mass is 381 g/mol. The van der Waals surface area contributed by atoms with E-state index in [1.165, 1.54) is 0 Å². The summed E-state index contributed by atoms with van der Waals surface area (Å²) in [5.41, 5.74) is 7.75. The lowest BCUT2D eigenvalue weighted by molar-refractivity contribution is -0.140. The minimum atomic E-state index is -0.385. The molecular formula is C21H27N5O2. The van der Waals surface area contributed by atoms with Crippen molar-refractivity contribution < 1.29 is 9.59 Å². The second-order valence-corrected chi connectivity index (χ2v) is 6.99. The number of rotatable bonds is 6. The second-order valence-electron chi connectivity index (χ2n) is 6.99. The Morgan fingerprint density at radius 2 is 1.93 bits per heavy atom. The molecule has 3 rings (SSSR count). The van der Waals surface area contributed by atoms with Gasteiger partial charge in [-0.25, -0.2) is 9.97 Å². The van der Waals surface area contributed by atoms with E-state index < -0.39 is 0 Å². The van der Waals surface area contributed by atoms with Crippen LogP contribution in [0.4, 0.5) is 5.95 Å². The summed E-state index contributed by atoms with van der Waals surface area (Å²) in [6.07, 6.45) is 5.88. The van der Waals surface area contributed by atoms with E-state index in [-0.39, 0.29) is 23.8 Å². The fraction of sp³-hybridized carbons (Fsp3) is 0.429. The van der Waals surface area contributed by atoms with E-state index in [0.29, 0.717) is 31.6 Å². The smallest absolute Gasteiger partial charge is 0.254 e. The van der Waals surface area contributed by atoms with Crippen molar-refractivity contribution in [1.29, 1.82) is 0 Å². The first-order chi connectivity index (χ1) is 13.5. The zero-order valence-corrected chi connectivity index (χ0v) is 16.5. The van der Waals surface area contributed by atoms with Crippen LogP contribution in [0.2, 0.25) is 0 Å². The van der Waals surface area contributed by atoms with Gasteiger partial charge >= 0.3 is 0 Å². The summed E-state index contributed by atoms with van der Waals surface area (Å²) in [7, 11) is 0. The first-order valence-electron chi connectivity index (χ1n) is 9.82. The third kappa shape index (κ3) is 4.13. The molecule has 0 radical (unpaired) electrons. The average molecular weight is 381 g/mol. The Balaban J connectivity index is 1.86. The molecule has 2 N–H and O–H groups in total. The fourth-order valence-corrected chi connectivity index (χ4v) is 3.56. The van der Waals surface area contributed by atoms with E-state index in [0.717, 1.165) is 24.0 Å². The molecule has 1 aromatic heterocycles. The summed E-state index contributed by atoms with van der Waals surface area (Å²) < 4.78 is 0. The van der Waals surface area contributed by atoms with Gasteiger partial charge in [-0.15, -0.1) is 0 Å². The van der Waals surface area contributed by atoms with Crippen molar-refractivity contribution in [2.75, 3.05) is 25.4 Å². The third-order valence-corrected chi connectivity index (χ3v) is 5.17. The maximum absolute atomic E-state index is 13.3. The number of aromatic nitrogens is 2. The number of piperazine rings is 1. The molecule has 1 aliphatic rings. The van der Waals surface area contributed by atoms with Crippen molar-refractivity contribution in [3.63, 3.8) is 0 Å². The molecule has 1 atom stereocenters. The molecule has 2 aromatic rings. The van der Waals surface area contributed by atoms with Gasteiger partial charge in [-0.05, 0) is 31.0 Å². The Morgan fingerprint density at radius 3 is 2.61 bits per heavy atom. The van der Waals surface area contributed by atoms with E-state index in [1.807, 2.05) is 30.0 Å². The Kier molecular flexibility index (Phi) is 6.23. The standard InChI is InChI=1S/C21H27N5O2/c1-3-5-9-18-20(28)25(4-2)10-11-26(18)19(27)16-8-6-7-15(12-16)17-13-23-21(22)24-14-17/h6-8,12-14,18H,3-5,9-11H2,1-2H3,(H2,22,23,24). The Morgan fingerprint density at radius 1 is 1.18 bits per heavy atom. The van der Waals surface area contributed by atoms with Gasteiger partial charge in [0.05, 0.1) is 0 Å². The maximum Gasteiger partial charge on any atom is 0.254 e. The van der Waals surface area contributed by atoms with Gasteiger partial charge in [0.15, 0.2) is 0 Å². The molecule has 148 valence electrons. The maximum atomic E-state index is 13.3. The summed E-state index contributed by atoms with van der Waals surface area (Å²) in [5, 5.41) is 0. The number of hydrogen-bond acceptors (Lipinski definition) is 5. The molecular weight excluding hydrogens is 354 g/mol. The number of hydrogen-bond donors (Lipinski definition) is 1. The van der Waals surface area contributed by atoms with Gasteiger partial charge < -0.3 is 15.5 Å². The van der Waals surface area contributed by atoms with Crippen LogP contribution in [0.15, 0.2) is 36.7 Å². The molecule has 28 heavy (non-hydrogen) atoms. The van der Waals surface area contributed by atoms with Crippen molar-refractivity contribution in [2.45, 2.75) is 39.2 Å². The van der Waals surface area contributed by atoms with E-state index >= 15 is 0 Å². The van der Waals surface area contributed by atoms with Gasteiger partial charge in [0.2, 0.25) is 11.9 Å². The zero-order valence-electron chi connectivity index (χ0n) is 16.5. The molecule has 0 bridgehead atoms. The van der Waals surface area contributed by atoms with Crippen molar-refractivity contribution in [1.82, 2.24) is 19.8 Å². The number of carbonyl (C=O) groups excluding carboxylic acids is 2. The SMILES string of the molecule is CCCCC1C(=O)N(CC)CCN1C(=O)c1cccc(-c2cnc(N)nc2)c1. The minimum absolute atomic E-state index is 0.0543. The van der Waals surface area contributed by atoms with Crippen LogP contribution >= 0.6 is 0 Å². The molecule has 2 amide bonds. The van der Waals surface area contributed by atoms with E-state index in [1.54, 1.807) is 23.4 Å². The highest BCUT2D eigenvalue weighted by Gasteiger charge is 2.36. The Hall–Kier alpha value is -2.96. The largest absolute Gasteiger partial charge is 0.368 e. The molecule has 1 aliphatic heterocycles. The van der Waals surface area contributed by atoms with Gasteiger partial charge in [0.25, 0.3) is 5.91 Å². The van der Waals surface area contributed by atoms with Crippen LogP contribution in [0.1, 0.15) is 43.5 Å². The van der Waals surface area contributed by atoms with Crippen molar-refractivity contribution in [2.24, 2.45) is 0 Å². The highest BCUT2D eigenvalue weighted by molar-refractivity contribution is 5.99. The van der Waals surface area contributed by atoms with Gasteiger partial charge in [-0.2, -0.15) is 0 Å². The van der Waals surface area contributed by atoms with Crippen LogP contribution in [0.25, 0.3) is 11.1 Å². The third-order valence-electron chi connectivity index (χ3n) is 5.17. The number of unbranched alkanes of at least 4 members (excludes halogenated alkanes) is 1. The fourth-order valence-electron chi connectivity index (χ4n) is 3.56. The minimum Gasteiger partial charge on any atom is -0.368 e. The topological polar surface area (TPSA) is 92.4 Å². The summed E-state index contributed by atoms with van der Waals surface area (Å²) in [4.78, 5) is 37.7. The lowest BCUT2D eigenvalue weighted by Crippen LogP contribution is -2.58. The number of nitrogens with zero attached hydrogens (tertiary/aromatic N) is 4. The van der Waals surface area contributed by atoms with Crippen molar-refractivity contribution in [3.05, 3.63) is 42.2 Å². The highest BCUT2D eigenvalue weighted by Crippen LogP contribution is 2.23. The molecule has 7 heteroatoms.